The summed E-state index contributed by atoms with van der Waals surface area (Å²) in [6.07, 6.45) is 0. The summed E-state index contributed by atoms with van der Waals surface area (Å²) in [4.78, 5) is 13.2. The minimum Gasteiger partial charge on any atom is -0.465 e. The summed E-state index contributed by atoms with van der Waals surface area (Å²) in [5, 5.41) is 2.82. The minimum absolute atomic E-state index is 0.300. The molecular formula is C13H10ClNO2S. The first-order valence-corrected chi connectivity index (χ1v) is 6.57. The van der Waals surface area contributed by atoms with Gasteiger partial charge in [-0.3, -0.25) is 0 Å². The lowest BCUT2D eigenvalue weighted by molar-refractivity contribution is 0.0606. The van der Waals surface area contributed by atoms with Gasteiger partial charge in [-0.1, -0.05) is 23.7 Å². The molecule has 5 heteroatoms. The van der Waals surface area contributed by atoms with Gasteiger partial charge in [0.1, 0.15) is 9.71 Å². The maximum absolute atomic E-state index is 11.5. The first-order valence-electron chi connectivity index (χ1n) is 5.38. The smallest absolute Gasteiger partial charge is 0.348 e. The van der Waals surface area contributed by atoms with Crippen LogP contribution in [0.3, 0.4) is 0 Å². The molecule has 0 saturated heterocycles. The van der Waals surface area contributed by atoms with Gasteiger partial charge in [0.05, 0.1) is 17.6 Å². The number of para-hydroxylation sites is 1. The summed E-state index contributed by atoms with van der Waals surface area (Å²) < 4.78 is 6.76. The Bertz CT molecular complexity index is 772. The first-order chi connectivity index (χ1) is 8.63. The Morgan fingerprint density at radius 2 is 2.17 bits per heavy atom. The highest BCUT2D eigenvalue weighted by Gasteiger charge is 2.17. The fourth-order valence-corrected chi connectivity index (χ4v) is 3.56. The third kappa shape index (κ3) is 1.46. The van der Waals surface area contributed by atoms with Gasteiger partial charge < -0.3 is 9.30 Å². The van der Waals surface area contributed by atoms with Crippen LogP contribution in [0.25, 0.3) is 21.1 Å². The Morgan fingerprint density at radius 1 is 1.39 bits per heavy atom. The van der Waals surface area contributed by atoms with E-state index in [2.05, 4.69) is 0 Å². The predicted molar refractivity (Wildman–Crippen MR) is 74.7 cm³/mol. The highest BCUT2D eigenvalue weighted by molar-refractivity contribution is 7.20. The van der Waals surface area contributed by atoms with Crippen LogP contribution in [-0.2, 0) is 11.8 Å². The second-order valence-corrected chi connectivity index (χ2v) is 5.45. The maximum Gasteiger partial charge on any atom is 0.348 e. The Hall–Kier alpha value is -1.52. The van der Waals surface area contributed by atoms with E-state index in [0.717, 1.165) is 26.1 Å². The molecule has 0 aliphatic rings. The van der Waals surface area contributed by atoms with Crippen molar-refractivity contribution in [2.24, 2.45) is 7.05 Å². The van der Waals surface area contributed by atoms with E-state index in [4.69, 9.17) is 16.3 Å². The molecule has 0 fully saturated rings. The molecule has 92 valence electrons. The van der Waals surface area contributed by atoms with Crippen molar-refractivity contribution >= 4 is 50.0 Å². The van der Waals surface area contributed by atoms with Crippen molar-refractivity contribution in [2.45, 2.75) is 0 Å². The quantitative estimate of drug-likeness (QED) is 0.634. The fraction of sp³-hybridized carbons (Fsp3) is 0.154. The highest BCUT2D eigenvalue weighted by atomic mass is 35.5. The molecule has 18 heavy (non-hydrogen) atoms. The number of methoxy groups -OCH3 is 1. The lowest BCUT2D eigenvalue weighted by Gasteiger charge is -1.99. The molecule has 0 unspecified atom stereocenters. The van der Waals surface area contributed by atoms with E-state index in [0.29, 0.717) is 4.88 Å². The van der Waals surface area contributed by atoms with E-state index >= 15 is 0 Å². The standard InChI is InChI=1S/C13H10ClNO2S/c1-15-11-7(4-3-5-9(11)14)8-6-10(13(16)17-2)18-12(8)15/h3-6H,1-2H3. The molecule has 3 rings (SSSR count). The van der Waals surface area contributed by atoms with Crippen LogP contribution in [0.5, 0.6) is 0 Å². The number of benzene rings is 1. The monoisotopic (exact) mass is 279 g/mol. The molecule has 0 aliphatic heterocycles. The summed E-state index contributed by atoms with van der Waals surface area (Å²) in [7, 11) is 3.34. The third-order valence-electron chi connectivity index (χ3n) is 3.02. The predicted octanol–water partition coefficient (Wildman–Crippen LogP) is 3.83. The van der Waals surface area contributed by atoms with Crippen molar-refractivity contribution in [3.8, 4) is 0 Å². The van der Waals surface area contributed by atoms with Crippen LogP contribution in [-0.4, -0.2) is 17.6 Å². The fourth-order valence-electron chi connectivity index (χ4n) is 2.20. The zero-order chi connectivity index (χ0) is 12.9. The number of nitrogens with zero attached hydrogens (tertiary/aromatic N) is 1. The van der Waals surface area contributed by atoms with Crippen molar-refractivity contribution in [1.29, 1.82) is 0 Å². The van der Waals surface area contributed by atoms with Gasteiger partial charge in [-0.15, -0.1) is 11.3 Å². The second-order valence-electron chi connectivity index (χ2n) is 4.02. The van der Waals surface area contributed by atoms with Crippen LogP contribution in [0.2, 0.25) is 5.02 Å². The Morgan fingerprint density at radius 3 is 2.89 bits per heavy atom. The molecule has 0 atom stereocenters. The van der Waals surface area contributed by atoms with Crippen molar-refractivity contribution in [3.63, 3.8) is 0 Å². The number of thiophene rings is 1. The third-order valence-corrected chi connectivity index (χ3v) is 4.51. The lowest BCUT2D eigenvalue weighted by Crippen LogP contribution is -1.97. The summed E-state index contributed by atoms with van der Waals surface area (Å²) >= 11 is 7.63. The number of ether oxygens (including phenoxy) is 1. The number of carbonyl (C=O) groups excluding carboxylic acids is 1. The van der Waals surface area contributed by atoms with Crippen LogP contribution < -0.4 is 0 Å². The summed E-state index contributed by atoms with van der Waals surface area (Å²) in [5.41, 5.74) is 0.997. The van der Waals surface area contributed by atoms with Gasteiger partial charge in [-0.05, 0) is 12.1 Å². The van der Waals surface area contributed by atoms with Gasteiger partial charge in [0.15, 0.2) is 0 Å². The van der Waals surface area contributed by atoms with Crippen LogP contribution in [0, 0.1) is 0 Å². The molecule has 0 N–H and O–H groups in total. The maximum atomic E-state index is 11.5. The molecule has 0 bridgehead atoms. The molecule has 0 radical (unpaired) electrons. The van der Waals surface area contributed by atoms with E-state index in [1.165, 1.54) is 18.4 Å². The Kier molecular flexibility index (Phi) is 2.57. The van der Waals surface area contributed by atoms with Gasteiger partial charge in [0, 0.05) is 17.8 Å². The summed E-state index contributed by atoms with van der Waals surface area (Å²) in [6.45, 7) is 0. The molecule has 3 nitrogen and oxygen atoms in total. The summed E-state index contributed by atoms with van der Waals surface area (Å²) in [5.74, 6) is -0.300. The van der Waals surface area contributed by atoms with Gasteiger partial charge in [0.2, 0.25) is 0 Å². The molecule has 1 aromatic carbocycles. The molecule has 3 aromatic rings. The molecular weight excluding hydrogens is 270 g/mol. The van der Waals surface area contributed by atoms with Gasteiger partial charge in [-0.2, -0.15) is 0 Å². The number of hydrogen-bond donors (Lipinski definition) is 0. The first kappa shape index (κ1) is 11.6. The van der Waals surface area contributed by atoms with Crippen LogP contribution in [0.4, 0.5) is 0 Å². The number of aryl methyl sites for hydroxylation is 1. The van der Waals surface area contributed by atoms with Gasteiger partial charge in [0.25, 0.3) is 0 Å². The second kappa shape index (κ2) is 4.00. The minimum atomic E-state index is -0.300. The van der Waals surface area contributed by atoms with Gasteiger partial charge in [-0.25, -0.2) is 4.79 Å². The van der Waals surface area contributed by atoms with E-state index in [-0.39, 0.29) is 5.97 Å². The number of rotatable bonds is 1. The van der Waals surface area contributed by atoms with E-state index < -0.39 is 0 Å². The van der Waals surface area contributed by atoms with E-state index in [9.17, 15) is 4.79 Å². The van der Waals surface area contributed by atoms with E-state index in [1.54, 1.807) is 0 Å². The molecule has 2 aromatic heterocycles. The van der Waals surface area contributed by atoms with Crippen LogP contribution >= 0.6 is 22.9 Å². The van der Waals surface area contributed by atoms with Crippen molar-refractivity contribution in [1.82, 2.24) is 4.57 Å². The number of hydrogen-bond acceptors (Lipinski definition) is 3. The number of halogens is 1. The largest absolute Gasteiger partial charge is 0.465 e. The number of aromatic nitrogens is 1. The van der Waals surface area contributed by atoms with E-state index in [1.807, 2.05) is 35.9 Å². The molecule has 0 aliphatic carbocycles. The number of esters is 1. The SMILES string of the molecule is COC(=O)c1cc2c3cccc(Cl)c3n(C)c2s1. The summed E-state index contributed by atoms with van der Waals surface area (Å²) in [6, 6.07) is 7.66. The molecule has 0 spiro atoms. The van der Waals surface area contributed by atoms with Gasteiger partial charge >= 0.3 is 5.97 Å². The van der Waals surface area contributed by atoms with Crippen molar-refractivity contribution < 1.29 is 9.53 Å². The van der Waals surface area contributed by atoms with Crippen LogP contribution in [0.15, 0.2) is 24.3 Å². The molecule has 0 saturated carbocycles. The average Bonchev–Trinajstić information content (AvgIpc) is 2.90. The number of carbonyl (C=O) groups is 1. The van der Waals surface area contributed by atoms with Crippen LogP contribution in [0.1, 0.15) is 9.67 Å². The Balaban J connectivity index is 2.40. The number of fused-ring (bicyclic) bond motifs is 3. The molecule has 2 heterocycles. The lowest BCUT2D eigenvalue weighted by atomic mass is 10.2. The highest BCUT2D eigenvalue weighted by Crippen LogP contribution is 2.37. The van der Waals surface area contributed by atoms with Crippen molar-refractivity contribution in [2.75, 3.05) is 7.11 Å². The zero-order valence-electron chi connectivity index (χ0n) is 9.86. The zero-order valence-corrected chi connectivity index (χ0v) is 11.4. The Labute approximate surface area is 113 Å². The topological polar surface area (TPSA) is 31.2 Å². The van der Waals surface area contributed by atoms with Crippen molar-refractivity contribution in [3.05, 3.63) is 34.2 Å². The molecule has 0 amide bonds. The average molecular weight is 280 g/mol. The normalized spacial score (nSPS) is 11.3.